The number of aromatic nitrogens is 3. The van der Waals surface area contributed by atoms with Crippen LogP contribution in [0.5, 0.6) is 0 Å². The van der Waals surface area contributed by atoms with E-state index in [-0.39, 0.29) is 5.91 Å². The van der Waals surface area contributed by atoms with Gasteiger partial charge >= 0.3 is 0 Å². The summed E-state index contributed by atoms with van der Waals surface area (Å²) in [5, 5.41) is 7.45. The molecule has 3 heterocycles. The molecule has 2 aromatic rings. The summed E-state index contributed by atoms with van der Waals surface area (Å²) in [6, 6.07) is 1.98. The number of nitrogens with one attached hydrogen (secondary N) is 1. The molecule has 1 saturated heterocycles. The van der Waals surface area contributed by atoms with Crippen LogP contribution in [0.25, 0.3) is 0 Å². The second-order valence-electron chi connectivity index (χ2n) is 5.07. The zero-order valence-corrected chi connectivity index (χ0v) is 12.1. The van der Waals surface area contributed by atoms with E-state index >= 15 is 0 Å². The van der Waals surface area contributed by atoms with Gasteiger partial charge in [-0.05, 0) is 25.8 Å². The second-order valence-corrected chi connectivity index (χ2v) is 6.10. The maximum absolute atomic E-state index is 12.6. The number of nitrogen functional groups attached to an aromatic ring is 1. The number of hydrogen-bond donors (Lipinski definition) is 2. The highest BCUT2D eigenvalue weighted by atomic mass is 32.1. The van der Waals surface area contributed by atoms with Gasteiger partial charge in [-0.2, -0.15) is 5.10 Å². The second kappa shape index (κ2) is 5.24. The summed E-state index contributed by atoms with van der Waals surface area (Å²) in [5.41, 5.74) is 7.50. The average Bonchev–Trinajstić information content (AvgIpc) is 3.08. The molecule has 1 atom stereocenters. The Bertz CT molecular complexity index is 606. The molecule has 0 aliphatic carbocycles. The summed E-state index contributed by atoms with van der Waals surface area (Å²) in [6.07, 6.45) is 3.84. The quantitative estimate of drug-likeness (QED) is 0.882. The van der Waals surface area contributed by atoms with Gasteiger partial charge in [-0.15, -0.1) is 0 Å². The molecule has 1 aliphatic rings. The van der Waals surface area contributed by atoms with Gasteiger partial charge in [0.15, 0.2) is 5.13 Å². The highest BCUT2D eigenvalue weighted by molar-refractivity contribution is 7.17. The Kier molecular flexibility index (Phi) is 3.43. The van der Waals surface area contributed by atoms with Crippen molar-refractivity contribution < 1.29 is 4.79 Å². The Morgan fingerprint density at radius 2 is 2.45 bits per heavy atom. The number of thiazole rings is 1. The zero-order valence-electron chi connectivity index (χ0n) is 11.3. The molecule has 0 spiro atoms. The number of nitrogens with zero attached hydrogens (tertiary/aromatic N) is 3. The van der Waals surface area contributed by atoms with Crippen molar-refractivity contribution in [3.05, 3.63) is 28.5 Å². The number of H-pyrrole nitrogens is 1. The summed E-state index contributed by atoms with van der Waals surface area (Å²) in [4.78, 5) is 19.3. The van der Waals surface area contributed by atoms with Crippen molar-refractivity contribution in [2.45, 2.75) is 25.7 Å². The first kappa shape index (κ1) is 13.1. The van der Waals surface area contributed by atoms with E-state index in [2.05, 4.69) is 15.2 Å². The normalized spacial score (nSPS) is 19.2. The molecule has 0 saturated carbocycles. The van der Waals surface area contributed by atoms with Crippen LogP contribution in [-0.4, -0.2) is 39.1 Å². The van der Waals surface area contributed by atoms with Crippen molar-refractivity contribution in [3.8, 4) is 0 Å². The lowest BCUT2D eigenvalue weighted by Gasteiger charge is -2.32. The minimum Gasteiger partial charge on any atom is -0.375 e. The van der Waals surface area contributed by atoms with Crippen LogP contribution in [0, 0.1) is 6.92 Å². The molecule has 1 aliphatic heterocycles. The minimum atomic E-state index is 0.0425. The molecule has 6 nitrogen and oxygen atoms in total. The van der Waals surface area contributed by atoms with Crippen LogP contribution < -0.4 is 5.73 Å². The molecule has 3 N–H and O–H groups in total. The summed E-state index contributed by atoms with van der Waals surface area (Å²) < 4.78 is 0. The Labute approximate surface area is 121 Å². The van der Waals surface area contributed by atoms with E-state index < -0.39 is 0 Å². The number of amides is 1. The topological polar surface area (TPSA) is 87.9 Å². The van der Waals surface area contributed by atoms with E-state index in [4.69, 9.17) is 5.73 Å². The Hall–Kier alpha value is -1.89. The third-order valence-electron chi connectivity index (χ3n) is 3.68. The van der Waals surface area contributed by atoms with Crippen LogP contribution in [0.1, 0.15) is 39.8 Å². The Morgan fingerprint density at radius 3 is 3.10 bits per heavy atom. The van der Waals surface area contributed by atoms with Crippen LogP contribution in [-0.2, 0) is 0 Å². The number of nitrogens with two attached hydrogens (primary N) is 1. The van der Waals surface area contributed by atoms with Gasteiger partial charge in [-0.25, -0.2) is 4.98 Å². The van der Waals surface area contributed by atoms with E-state index in [1.165, 1.54) is 11.3 Å². The van der Waals surface area contributed by atoms with Gasteiger partial charge in [-0.3, -0.25) is 9.89 Å². The predicted octanol–water partition coefficient (Wildman–Crippen LogP) is 1.78. The number of rotatable bonds is 2. The van der Waals surface area contributed by atoms with E-state index in [1.54, 1.807) is 6.20 Å². The first-order valence-electron chi connectivity index (χ1n) is 6.66. The smallest absolute Gasteiger partial charge is 0.265 e. The van der Waals surface area contributed by atoms with Crippen LogP contribution in [0.4, 0.5) is 5.13 Å². The summed E-state index contributed by atoms with van der Waals surface area (Å²) in [5.74, 6) is 0.377. The van der Waals surface area contributed by atoms with Crippen LogP contribution in [0.15, 0.2) is 12.3 Å². The molecule has 1 fully saturated rings. The predicted molar refractivity (Wildman–Crippen MR) is 77.7 cm³/mol. The largest absolute Gasteiger partial charge is 0.375 e. The number of aromatic amines is 1. The highest BCUT2D eigenvalue weighted by Gasteiger charge is 2.28. The fourth-order valence-electron chi connectivity index (χ4n) is 2.67. The Morgan fingerprint density at radius 1 is 1.60 bits per heavy atom. The Balaban J connectivity index is 1.77. The number of carbonyl (C=O) groups is 1. The molecule has 106 valence electrons. The molecule has 3 rings (SSSR count). The van der Waals surface area contributed by atoms with Gasteiger partial charge in [0.25, 0.3) is 5.91 Å². The van der Waals surface area contributed by atoms with E-state index in [1.807, 2.05) is 17.9 Å². The van der Waals surface area contributed by atoms with Crippen molar-refractivity contribution in [2.24, 2.45) is 0 Å². The lowest BCUT2D eigenvalue weighted by atomic mass is 9.95. The van der Waals surface area contributed by atoms with E-state index in [9.17, 15) is 4.79 Å². The zero-order chi connectivity index (χ0) is 14.1. The summed E-state index contributed by atoms with van der Waals surface area (Å²) >= 11 is 1.27. The molecule has 7 heteroatoms. The monoisotopic (exact) mass is 291 g/mol. The van der Waals surface area contributed by atoms with Crippen molar-refractivity contribution in [2.75, 3.05) is 18.8 Å². The molecule has 1 amide bonds. The molecule has 20 heavy (non-hydrogen) atoms. The molecule has 1 unspecified atom stereocenters. The molecule has 0 aromatic carbocycles. The number of piperidine rings is 1. The van der Waals surface area contributed by atoms with Gasteiger partial charge in [-0.1, -0.05) is 11.3 Å². The summed E-state index contributed by atoms with van der Waals surface area (Å²) in [6.45, 7) is 3.34. The van der Waals surface area contributed by atoms with Gasteiger partial charge in [0.1, 0.15) is 4.88 Å². The maximum Gasteiger partial charge on any atom is 0.265 e. The first-order chi connectivity index (χ1) is 9.65. The van der Waals surface area contributed by atoms with Crippen molar-refractivity contribution in [1.29, 1.82) is 0 Å². The van der Waals surface area contributed by atoms with Gasteiger partial charge in [0.05, 0.1) is 5.69 Å². The highest BCUT2D eigenvalue weighted by Crippen LogP contribution is 2.28. The molecular formula is C13H17N5OS. The van der Waals surface area contributed by atoms with Crippen LogP contribution >= 0.6 is 11.3 Å². The van der Waals surface area contributed by atoms with E-state index in [0.29, 0.717) is 15.9 Å². The van der Waals surface area contributed by atoms with Gasteiger partial charge < -0.3 is 10.6 Å². The van der Waals surface area contributed by atoms with Crippen molar-refractivity contribution >= 4 is 22.4 Å². The fourth-order valence-corrected chi connectivity index (χ4v) is 3.47. The fraction of sp³-hybridized carbons (Fsp3) is 0.462. The number of carbonyl (C=O) groups excluding carboxylic acids is 1. The van der Waals surface area contributed by atoms with Crippen LogP contribution in [0.2, 0.25) is 0 Å². The lowest BCUT2D eigenvalue weighted by molar-refractivity contribution is 0.0710. The third-order valence-corrected chi connectivity index (χ3v) is 4.65. The van der Waals surface area contributed by atoms with Gasteiger partial charge in [0, 0.05) is 30.9 Å². The maximum atomic E-state index is 12.6. The van der Waals surface area contributed by atoms with Crippen molar-refractivity contribution in [1.82, 2.24) is 20.1 Å². The van der Waals surface area contributed by atoms with Crippen LogP contribution in [0.3, 0.4) is 0 Å². The van der Waals surface area contributed by atoms with Gasteiger partial charge in [0.2, 0.25) is 0 Å². The molecule has 2 aromatic heterocycles. The SMILES string of the molecule is Cc1nc(N)sc1C(=O)N1CCCC(c2ccn[nH]2)C1. The molecule has 0 bridgehead atoms. The first-order valence-corrected chi connectivity index (χ1v) is 7.48. The van der Waals surface area contributed by atoms with E-state index in [0.717, 1.165) is 37.3 Å². The summed E-state index contributed by atoms with van der Waals surface area (Å²) in [7, 11) is 0. The molecular weight excluding hydrogens is 274 g/mol. The number of likely N-dealkylation sites (tertiary alicyclic amines) is 1. The molecule has 0 radical (unpaired) electrons. The number of hydrogen-bond acceptors (Lipinski definition) is 5. The standard InChI is InChI=1S/C13H17N5OS/c1-8-11(20-13(14)16-8)12(19)18-6-2-3-9(7-18)10-4-5-15-17-10/h4-5,9H,2-3,6-7H2,1H3,(H2,14,16)(H,15,17). The number of anilines is 1. The lowest BCUT2D eigenvalue weighted by Crippen LogP contribution is -2.39. The number of aryl methyl sites for hydroxylation is 1. The van der Waals surface area contributed by atoms with Crippen molar-refractivity contribution in [3.63, 3.8) is 0 Å². The minimum absolute atomic E-state index is 0.0425. The average molecular weight is 291 g/mol. The third kappa shape index (κ3) is 2.40.